The van der Waals surface area contributed by atoms with Gasteiger partial charge in [0.15, 0.2) is 0 Å². The molecule has 1 aromatic rings. The molecule has 1 fully saturated rings. The summed E-state index contributed by atoms with van der Waals surface area (Å²) in [5.41, 5.74) is 0. The van der Waals surface area contributed by atoms with Crippen LogP contribution in [0.5, 0.6) is 0 Å². The molecule has 2 heterocycles. The number of nitrogens with zero attached hydrogens (tertiary/aromatic N) is 1. The van der Waals surface area contributed by atoms with Crippen LogP contribution in [0.3, 0.4) is 0 Å². The first-order valence-corrected chi connectivity index (χ1v) is 8.14. The lowest BCUT2D eigenvalue weighted by Gasteiger charge is -2.28. The van der Waals surface area contributed by atoms with Crippen molar-refractivity contribution in [3.63, 3.8) is 0 Å². The van der Waals surface area contributed by atoms with Crippen LogP contribution in [-0.2, 0) is 0 Å². The smallest absolute Gasteiger partial charge is 0.0438 e. The number of thiophene rings is 1. The normalized spacial score (nSPS) is 19.3. The molecule has 0 aliphatic carbocycles. The van der Waals surface area contributed by atoms with E-state index in [0.717, 1.165) is 6.54 Å². The van der Waals surface area contributed by atoms with Crippen LogP contribution in [0.1, 0.15) is 44.0 Å². The van der Waals surface area contributed by atoms with E-state index in [2.05, 4.69) is 41.6 Å². The highest BCUT2D eigenvalue weighted by atomic mass is 32.1. The summed E-state index contributed by atoms with van der Waals surface area (Å²) in [5, 5.41) is 5.92. The van der Waals surface area contributed by atoms with E-state index >= 15 is 0 Å². The van der Waals surface area contributed by atoms with Crippen LogP contribution in [0.15, 0.2) is 17.5 Å². The maximum Gasteiger partial charge on any atom is 0.0438 e. The molecule has 1 saturated heterocycles. The third kappa shape index (κ3) is 4.08. The fourth-order valence-corrected chi connectivity index (χ4v) is 3.67. The van der Waals surface area contributed by atoms with Crippen molar-refractivity contribution < 1.29 is 0 Å². The number of rotatable bonds is 6. The molecule has 18 heavy (non-hydrogen) atoms. The molecule has 2 nitrogen and oxygen atoms in total. The van der Waals surface area contributed by atoms with Crippen LogP contribution in [0, 0.1) is 5.92 Å². The lowest BCUT2D eigenvalue weighted by atomic mass is 10.0. The van der Waals surface area contributed by atoms with E-state index < -0.39 is 0 Å². The molecule has 1 aliphatic rings. The molecule has 0 aromatic carbocycles. The van der Waals surface area contributed by atoms with Crippen molar-refractivity contribution in [3.05, 3.63) is 22.4 Å². The fraction of sp³-hybridized carbons (Fsp3) is 0.733. The first-order valence-electron chi connectivity index (χ1n) is 7.26. The van der Waals surface area contributed by atoms with Crippen molar-refractivity contribution in [2.75, 3.05) is 26.2 Å². The zero-order valence-electron chi connectivity index (χ0n) is 11.7. The van der Waals surface area contributed by atoms with Crippen molar-refractivity contribution in [3.8, 4) is 0 Å². The van der Waals surface area contributed by atoms with Gasteiger partial charge in [-0.25, -0.2) is 0 Å². The van der Waals surface area contributed by atoms with Crippen molar-refractivity contribution in [2.24, 2.45) is 5.92 Å². The van der Waals surface area contributed by atoms with E-state index in [9.17, 15) is 0 Å². The average Bonchev–Trinajstić information content (AvgIpc) is 2.89. The Kier molecular flexibility index (Phi) is 5.67. The molecule has 102 valence electrons. The molecule has 0 amide bonds. The van der Waals surface area contributed by atoms with E-state index in [1.165, 1.54) is 43.8 Å². The fourth-order valence-electron chi connectivity index (χ4n) is 2.69. The Labute approximate surface area is 115 Å². The summed E-state index contributed by atoms with van der Waals surface area (Å²) in [6.07, 6.45) is 4.20. The average molecular weight is 266 g/mol. The van der Waals surface area contributed by atoms with E-state index in [-0.39, 0.29) is 0 Å². The summed E-state index contributed by atoms with van der Waals surface area (Å²) in [5.74, 6) is 0.657. The number of hydrogen-bond donors (Lipinski definition) is 1. The topological polar surface area (TPSA) is 15.3 Å². The van der Waals surface area contributed by atoms with Gasteiger partial charge in [0.05, 0.1) is 0 Å². The van der Waals surface area contributed by atoms with Gasteiger partial charge in [-0.3, -0.25) is 0 Å². The van der Waals surface area contributed by atoms with Gasteiger partial charge in [-0.2, -0.15) is 0 Å². The number of piperidine rings is 1. The highest BCUT2D eigenvalue weighted by Gasteiger charge is 2.16. The van der Waals surface area contributed by atoms with E-state index in [0.29, 0.717) is 12.0 Å². The van der Waals surface area contributed by atoms with Crippen LogP contribution in [0.4, 0.5) is 0 Å². The Balaban J connectivity index is 1.76. The second-order valence-corrected chi connectivity index (χ2v) is 6.57. The SMILES string of the molecule is CC(C)C(NCCN1CCCCC1)c1cccs1. The largest absolute Gasteiger partial charge is 0.308 e. The first-order chi connectivity index (χ1) is 8.77. The molecule has 0 radical (unpaired) electrons. The summed E-state index contributed by atoms with van der Waals surface area (Å²) in [6.45, 7) is 9.52. The third-order valence-corrected chi connectivity index (χ3v) is 4.71. The van der Waals surface area contributed by atoms with Gasteiger partial charge in [-0.05, 0) is 43.3 Å². The van der Waals surface area contributed by atoms with Gasteiger partial charge >= 0.3 is 0 Å². The van der Waals surface area contributed by atoms with Crippen molar-refractivity contribution in [2.45, 2.75) is 39.2 Å². The quantitative estimate of drug-likeness (QED) is 0.847. The van der Waals surface area contributed by atoms with Crippen LogP contribution in [0.2, 0.25) is 0 Å². The molecule has 3 heteroatoms. The predicted molar refractivity (Wildman–Crippen MR) is 80.2 cm³/mol. The van der Waals surface area contributed by atoms with Crippen LogP contribution in [-0.4, -0.2) is 31.1 Å². The molecule has 0 bridgehead atoms. The second-order valence-electron chi connectivity index (χ2n) is 5.59. The molecule has 1 N–H and O–H groups in total. The Morgan fingerprint density at radius 1 is 1.28 bits per heavy atom. The monoisotopic (exact) mass is 266 g/mol. The van der Waals surface area contributed by atoms with Gasteiger partial charge in [0.1, 0.15) is 0 Å². The Bertz CT molecular complexity index is 315. The molecule has 0 saturated carbocycles. The molecule has 0 spiro atoms. The molecule has 1 aliphatic heterocycles. The van der Waals surface area contributed by atoms with Crippen molar-refractivity contribution in [1.82, 2.24) is 10.2 Å². The molecule has 1 aromatic heterocycles. The van der Waals surface area contributed by atoms with Crippen LogP contribution in [0.25, 0.3) is 0 Å². The van der Waals surface area contributed by atoms with Gasteiger partial charge in [0.2, 0.25) is 0 Å². The van der Waals surface area contributed by atoms with Crippen molar-refractivity contribution >= 4 is 11.3 Å². The van der Waals surface area contributed by atoms with E-state index in [1.807, 2.05) is 11.3 Å². The number of hydrogen-bond acceptors (Lipinski definition) is 3. The third-order valence-electron chi connectivity index (χ3n) is 3.76. The number of likely N-dealkylation sites (tertiary alicyclic amines) is 1. The lowest BCUT2D eigenvalue weighted by Crippen LogP contribution is -2.37. The van der Waals surface area contributed by atoms with Gasteiger partial charge < -0.3 is 10.2 Å². The zero-order valence-corrected chi connectivity index (χ0v) is 12.5. The van der Waals surface area contributed by atoms with E-state index in [1.54, 1.807) is 0 Å². The molecule has 1 atom stereocenters. The maximum atomic E-state index is 3.74. The summed E-state index contributed by atoms with van der Waals surface area (Å²) in [4.78, 5) is 4.08. The first kappa shape index (κ1) is 14.0. The molecular formula is C15H26N2S. The van der Waals surface area contributed by atoms with Crippen LogP contribution >= 0.6 is 11.3 Å². The Hall–Kier alpha value is -0.380. The molecule has 2 rings (SSSR count). The van der Waals surface area contributed by atoms with Crippen molar-refractivity contribution in [1.29, 1.82) is 0 Å². The van der Waals surface area contributed by atoms with Gasteiger partial charge in [-0.1, -0.05) is 26.3 Å². The maximum absolute atomic E-state index is 3.74. The predicted octanol–water partition coefficient (Wildman–Crippen LogP) is 3.52. The highest BCUT2D eigenvalue weighted by Crippen LogP contribution is 2.25. The van der Waals surface area contributed by atoms with Gasteiger partial charge in [0.25, 0.3) is 0 Å². The summed E-state index contributed by atoms with van der Waals surface area (Å²) in [6, 6.07) is 4.93. The minimum atomic E-state index is 0.523. The lowest BCUT2D eigenvalue weighted by molar-refractivity contribution is 0.223. The summed E-state index contributed by atoms with van der Waals surface area (Å²) >= 11 is 1.87. The minimum Gasteiger partial charge on any atom is -0.308 e. The van der Waals surface area contributed by atoms with Crippen LogP contribution < -0.4 is 5.32 Å². The molecule has 1 unspecified atom stereocenters. The Morgan fingerprint density at radius 3 is 2.67 bits per heavy atom. The zero-order chi connectivity index (χ0) is 12.8. The second kappa shape index (κ2) is 7.27. The number of nitrogens with one attached hydrogen (secondary N) is 1. The summed E-state index contributed by atoms with van der Waals surface area (Å²) < 4.78 is 0. The van der Waals surface area contributed by atoms with E-state index in [4.69, 9.17) is 0 Å². The molecular weight excluding hydrogens is 240 g/mol. The Morgan fingerprint density at radius 2 is 2.06 bits per heavy atom. The minimum absolute atomic E-state index is 0.523. The van der Waals surface area contributed by atoms with Gasteiger partial charge in [0, 0.05) is 24.0 Å². The van der Waals surface area contributed by atoms with Gasteiger partial charge in [-0.15, -0.1) is 11.3 Å². The standard InChI is InChI=1S/C15H26N2S/c1-13(2)15(14-7-6-12-18-14)16-8-11-17-9-4-3-5-10-17/h6-7,12-13,15-16H,3-5,8-11H2,1-2H3. The highest BCUT2D eigenvalue weighted by molar-refractivity contribution is 7.10. The summed E-state index contributed by atoms with van der Waals surface area (Å²) in [7, 11) is 0.